The Morgan fingerprint density at radius 1 is 1.28 bits per heavy atom. The first-order chi connectivity index (χ1) is 15.2. The molecule has 0 radical (unpaired) electrons. The van der Waals surface area contributed by atoms with Gasteiger partial charge in [0.2, 0.25) is 15.9 Å². The van der Waals surface area contributed by atoms with Crippen LogP contribution in [-0.4, -0.2) is 62.4 Å². The first-order valence-electron chi connectivity index (χ1n) is 10.8. The van der Waals surface area contributed by atoms with Crippen LogP contribution >= 0.6 is 0 Å². The topological polar surface area (TPSA) is 95.8 Å². The van der Waals surface area contributed by atoms with Crippen molar-refractivity contribution >= 4 is 22.0 Å². The summed E-state index contributed by atoms with van der Waals surface area (Å²) in [6, 6.07) is 8.21. The molecule has 174 valence electrons. The summed E-state index contributed by atoms with van der Waals surface area (Å²) in [5.74, 6) is -0.287. The SMILES string of the molecule is Cc1ccc(CCNC(=O)[C@@H]2CCCN(S(=O)(=O)c3c(C)noc3/C=C/N(C)C)C2)cc1. The van der Waals surface area contributed by atoms with E-state index < -0.39 is 10.0 Å². The van der Waals surface area contributed by atoms with Crippen molar-refractivity contribution in [2.45, 2.75) is 38.0 Å². The van der Waals surface area contributed by atoms with E-state index in [0.29, 0.717) is 31.6 Å². The van der Waals surface area contributed by atoms with E-state index in [4.69, 9.17) is 4.52 Å². The lowest BCUT2D eigenvalue weighted by Crippen LogP contribution is -2.45. The van der Waals surface area contributed by atoms with Crippen LogP contribution in [0, 0.1) is 19.8 Å². The first kappa shape index (κ1) is 24.0. The second kappa shape index (κ2) is 10.3. The average Bonchev–Trinajstić information content (AvgIpc) is 3.15. The van der Waals surface area contributed by atoms with Gasteiger partial charge in [0, 0.05) is 46.0 Å². The molecule has 2 aromatic rings. The number of aryl methyl sites for hydroxylation is 2. The summed E-state index contributed by atoms with van der Waals surface area (Å²) in [5.41, 5.74) is 2.67. The van der Waals surface area contributed by atoms with E-state index in [1.165, 1.54) is 9.87 Å². The number of carbonyl (C=O) groups excluding carboxylic acids is 1. The lowest BCUT2D eigenvalue weighted by molar-refractivity contribution is -0.126. The fraction of sp³-hybridized carbons (Fsp3) is 0.478. The van der Waals surface area contributed by atoms with Crippen LogP contribution in [0.4, 0.5) is 0 Å². The van der Waals surface area contributed by atoms with Crippen molar-refractivity contribution in [3.63, 3.8) is 0 Å². The average molecular weight is 461 g/mol. The Kier molecular flexibility index (Phi) is 7.73. The Bertz CT molecular complexity index is 1060. The van der Waals surface area contributed by atoms with Crippen molar-refractivity contribution in [1.82, 2.24) is 19.7 Å². The highest BCUT2D eigenvalue weighted by molar-refractivity contribution is 7.89. The summed E-state index contributed by atoms with van der Waals surface area (Å²) in [7, 11) is -0.167. The highest BCUT2D eigenvalue weighted by Crippen LogP contribution is 2.29. The van der Waals surface area contributed by atoms with Crippen molar-refractivity contribution in [2.24, 2.45) is 5.92 Å². The molecule has 1 atom stereocenters. The van der Waals surface area contributed by atoms with Crippen LogP contribution in [0.2, 0.25) is 0 Å². The minimum absolute atomic E-state index is 0.0658. The van der Waals surface area contributed by atoms with Crippen LogP contribution in [0.1, 0.15) is 35.4 Å². The van der Waals surface area contributed by atoms with Gasteiger partial charge in [0.1, 0.15) is 5.69 Å². The van der Waals surface area contributed by atoms with Gasteiger partial charge in [-0.15, -0.1) is 0 Å². The molecule has 1 saturated heterocycles. The van der Waals surface area contributed by atoms with Gasteiger partial charge in [-0.05, 0) is 38.7 Å². The summed E-state index contributed by atoms with van der Waals surface area (Å²) < 4.78 is 33.4. The van der Waals surface area contributed by atoms with E-state index in [-0.39, 0.29) is 29.0 Å². The molecule has 1 N–H and O–H groups in total. The number of amides is 1. The number of benzene rings is 1. The molecule has 0 spiro atoms. The van der Waals surface area contributed by atoms with Gasteiger partial charge in [0.05, 0.1) is 5.92 Å². The summed E-state index contributed by atoms with van der Waals surface area (Å²) in [6.45, 7) is 4.70. The lowest BCUT2D eigenvalue weighted by Gasteiger charge is -2.31. The van der Waals surface area contributed by atoms with E-state index in [1.807, 2.05) is 21.0 Å². The molecule has 0 unspecified atom stereocenters. The molecular formula is C23H32N4O4S. The Balaban J connectivity index is 1.65. The van der Waals surface area contributed by atoms with Gasteiger partial charge in [0.25, 0.3) is 0 Å². The van der Waals surface area contributed by atoms with E-state index in [1.54, 1.807) is 24.1 Å². The smallest absolute Gasteiger partial charge is 0.248 e. The fourth-order valence-electron chi connectivity index (χ4n) is 3.75. The number of nitrogens with one attached hydrogen (secondary N) is 1. The Morgan fingerprint density at radius 3 is 2.69 bits per heavy atom. The molecule has 0 bridgehead atoms. The third-order valence-corrected chi connectivity index (χ3v) is 7.57. The van der Waals surface area contributed by atoms with E-state index >= 15 is 0 Å². The molecule has 3 rings (SSSR count). The number of hydrogen-bond acceptors (Lipinski definition) is 6. The van der Waals surface area contributed by atoms with Gasteiger partial charge in [-0.2, -0.15) is 4.31 Å². The molecule has 1 aromatic heterocycles. The van der Waals surface area contributed by atoms with Gasteiger partial charge in [-0.1, -0.05) is 35.0 Å². The summed E-state index contributed by atoms with van der Waals surface area (Å²) >= 11 is 0. The van der Waals surface area contributed by atoms with Crippen molar-refractivity contribution in [3.05, 3.63) is 53.0 Å². The number of piperidine rings is 1. The molecular weight excluding hydrogens is 428 g/mol. The van der Waals surface area contributed by atoms with Crippen LogP contribution in [0.3, 0.4) is 0 Å². The monoisotopic (exact) mass is 460 g/mol. The van der Waals surface area contributed by atoms with Gasteiger partial charge in [-0.3, -0.25) is 4.79 Å². The van der Waals surface area contributed by atoms with Crippen molar-refractivity contribution in [2.75, 3.05) is 33.7 Å². The van der Waals surface area contributed by atoms with Crippen molar-refractivity contribution in [3.8, 4) is 0 Å². The maximum Gasteiger partial charge on any atom is 0.248 e. The zero-order valence-corrected chi connectivity index (χ0v) is 20.0. The molecule has 1 fully saturated rings. The third-order valence-electron chi connectivity index (χ3n) is 5.54. The largest absolute Gasteiger partial charge is 0.383 e. The molecule has 2 heterocycles. The summed E-state index contributed by atoms with van der Waals surface area (Å²) in [6.07, 6.45) is 5.33. The number of aromatic nitrogens is 1. The van der Waals surface area contributed by atoms with E-state index in [9.17, 15) is 13.2 Å². The molecule has 1 aliphatic rings. The van der Waals surface area contributed by atoms with E-state index in [0.717, 1.165) is 12.0 Å². The predicted octanol–water partition coefficient (Wildman–Crippen LogP) is 2.58. The number of hydrogen-bond donors (Lipinski definition) is 1. The molecule has 0 aliphatic carbocycles. The van der Waals surface area contributed by atoms with Gasteiger partial charge < -0.3 is 14.7 Å². The number of carbonyl (C=O) groups is 1. The quantitative estimate of drug-likeness (QED) is 0.651. The minimum Gasteiger partial charge on any atom is -0.383 e. The molecule has 0 saturated carbocycles. The van der Waals surface area contributed by atoms with Crippen LogP contribution in [-0.2, 0) is 21.2 Å². The zero-order valence-electron chi connectivity index (χ0n) is 19.2. The number of nitrogens with zero attached hydrogens (tertiary/aromatic N) is 3. The molecule has 1 aromatic carbocycles. The van der Waals surface area contributed by atoms with Crippen molar-refractivity contribution < 1.29 is 17.7 Å². The van der Waals surface area contributed by atoms with Crippen LogP contribution in [0.15, 0.2) is 39.9 Å². The van der Waals surface area contributed by atoms with Crippen LogP contribution in [0.25, 0.3) is 6.08 Å². The van der Waals surface area contributed by atoms with Crippen LogP contribution in [0.5, 0.6) is 0 Å². The standard InChI is InChI=1S/C23H32N4O4S/c1-17-7-9-19(10-8-17)11-13-24-23(28)20-6-5-14-27(16-20)32(29,30)22-18(2)25-31-21(22)12-15-26(3)4/h7-10,12,15,20H,5-6,11,13-14,16H2,1-4H3,(H,24,28)/b15-12+/t20-/m1/s1. The highest BCUT2D eigenvalue weighted by Gasteiger charge is 2.36. The van der Waals surface area contributed by atoms with Gasteiger partial charge >= 0.3 is 0 Å². The number of sulfonamides is 1. The maximum absolute atomic E-state index is 13.4. The lowest BCUT2D eigenvalue weighted by atomic mass is 9.98. The van der Waals surface area contributed by atoms with Crippen molar-refractivity contribution in [1.29, 1.82) is 0 Å². The van der Waals surface area contributed by atoms with E-state index in [2.05, 4.69) is 34.7 Å². The first-order valence-corrected chi connectivity index (χ1v) is 12.3. The Morgan fingerprint density at radius 2 is 2.00 bits per heavy atom. The minimum atomic E-state index is -3.83. The summed E-state index contributed by atoms with van der Waals surface area (Å²) in [5, 5.41) is 6.82. The highest BCUT2D eigenvalue weighted by atomic mass is 32.2. The maximum atomic E-state index is 13.4. The molecule has 8 nitrogen and oxygen atoms in total. The fourth-order valence-corrected chi connectivity index (χ4v) is 5.52. The summed E-state index contributed by atoms with van der Waals surface area (Å²) in [4.78, 5) is 14.6. The molecule has 32 heavy (non-hydrogen) atoms. The Labute approximate surface area is 190 Å². The zero-order chi connectivity index (χ0) is 23.3. The Hall–Kier alpha value is -2.65. The normalized spacial score (nSPS) is 17.6. The van der Waals surface area contributed by atoms with Gasteiger partial charge in [0.15, 0.2) is 10.7 Å². The molecule has 1 amide bonds. The number of rotatable bonds is 8. The predicted molar refractivity (Wildman–Crippen MR) is 123 cm³/mol. The van der Waals surface area contributed by atoms with Crippen LogP contribution < -0.4 is 5.32 Å². The molecule has 1 aliphatic heterocycles. The molecule has 9 heteroatoms. The second-order valence-electron chi connectivity index (χ2n) is 8.47. The third kappa shape index (κ3) is 5.77. The van der Waals surface area contributed by atoms with Gasteiger partial charge in [-0.25, -0.2) is 8.42 Å². The second-order valence-corrected chi connectivity index (χ2v) is 10.3.